The zero-order valence-electron chi connectivity index (χ0n) is 6.51. The summed E-state index contributed by atoms with van der Waals surface area (Å²) in [5, 5.41) is 0.560. The summed E-state index contributed by atoms with van der Waals surface area (Å²) in [5.74, 6) is 0. The molecule has 0 bridgehead atoms. The minimum absolute atomic E-state index is 0.183. The van der Waals surface area contributed by atoms with E-state index < -0.39 is 0 Å². The van der Waals surface area contributed by atoms with Crippen LogP contribution < -0.4 is 0 Å². The molecule has 0 aromatic carbocycles. The molecule has 0 saturated heterocycles. The summed E-state index contributed by atoms with van der Waals surface area (Å²) in [6.07, 6.45) is 0.443. The van der Waals surface area contributed by atoms with E-state index in [0.29, 0.717) is 11.7 Å². The Morgan fingerprint density at radius 1 is 1.60 bits per heavy atom. The van der Waals surface area contributed by atoms with Crippen LogP contribution in [-0.4, -0.2) is 15.2 Å². The van der Waals surface area contributed by atoms with Crippen molar-refractivity contribution in [1.82, 2.24) is 0 Å². The average molecular weight is 176 g/mol. The monoisotopic (exact) mass is 176 g/mol. The predicted octanol–water partition coefficient (Wildman–Crippen LogP) is 2.43. The number of carbonyl (C=O) groups is 1. The van der Waals surface area contributed by atoms with Gasteiger partial charge in [-0.25, -0.2) is 0 Å². The Labute approximate surface area is 71.6 Å². The molecule has 0 atom stereocenters. The van der Waals surface area contributed by atoms with Crippen LogP contribution in [0.2, 0.25) is 0 Å². The Morgan fingerprint density at radius 2 is 2.10 bits per heavy atom. The van der Waals surface area contributed by atoms with Crippen molar-refractivity contribution in [2.75, 3.05) is 0 Å². The lowest BCUT2D eigenvalue weighted by Crippen LogP contribution is -2.01. The molecule has 0 aliphatic rings. The number of rotatable bonds is 3. The predicted molar refractivity (Wildman–Crippen MR) is 50.6 cm³/mol. The third-order valence-electron chi connectivity index (χ3n) is 0.760. The van der Waals surface area contributed by atoms with Crippen LogP contribution in [0.3, 0.4) is 0 Å². The van der Waals surface area contributed by atoms with Gasteiger partial charge in [-0.3, -0.25) is 4.79 Å². The molecular weight excluding hydrogens is 164 g/mol. The van der Waals surface area contributed by atoms with Gasteiger partial charge in [0, 0.05) is 11.7 Å². The fraction of sp³-hybridized carbons (Fsp3) is 0.714. The number of hydrogen-bond acceptors (Lipinski definition) is 3. The molecule has 0 aliphatic heterocycles. The molecule has 0 heterocycles. The van der Waals surface area contributed by atoms with Crippen molar-refractivity contribution in [2.24, 2.45) is 0 Å². The summed E-state index contributed by atoms with van der Waals surface area (Å²) in [5.41, 5.74) is 0. The van der Waals surface area contributed by atoms with Gasteiger partial charge in [0.1, 0.15) is 0 Å². The van der Waals surface area contributed by atoms with Gasteiger partial charge in [-0.2, -0.15) is 0 Å². The molecule has 0 radical (unpaired) electrons. The van der Waals surface area contributed by atoms with Crippen LogP contribution in [0.1, 0.15) is 27.2 Å². The molecule has 10 heavy (non-hydrogen) atoms. The smallest absolute Gasteiger partial charge is 0.194 e. The van der Waals surface area contributed by atoms with Gasteiger partial charge in [0.2, 0.25) is 0 Å². The fourth-order valence-electron chi connectivity index (χ4n) is 0.508. The first-order chi connectivity index (χ1) is 4.52. The number of hydrogen-bond donors (Lipinski definition) is 0. The van der Waals surface area contributed by atoms with E-state index in [-0.39, 0.29) is 5.12 Å². The van der Waals surface area contributed by atoms with Crippen LogP contribution in [0.25, 0.3) is 0 Å². The van der Waals surface area contributed by atoms with Crippen molar-refractivity contribution in [3.8, 4) is 0 Å². The molecule has 1 nitrogen and oxygen atoms in total. The average Bonchev–Trinajstić information content (AvgIpc) is 1.58. The van der Waals surface area contributed by atoms with Gasteiger partial charge in [0.05, 0.1) is 0 Å². The second kappa shape index (κ2) is 4.85. The van der Waals surface area contributed by atoms with Crippen molar-refractivity contribution in [2.45, 2.75) is 32.4 Å². The maximum absolute atomic E-state index is 10.9. The Morgan fingerprint density at radius 3 is 2.40 bits per heavy atom. The van der Waals surface area contributed by atoms with Crippen molar-refractivity contribution in [1.29, 1.82) is 0 Å². The Balaban J connectivity index is 3.54. The van der Waals surface area contributed by atoms with E-state index in [9.17, 15) is 4.79 Å². The fourth-order valence-corrected chi connectivity index (χ4v) is 1.56. The maximum atomic E-state index is 10.9. The second-order valence-corrected chi connectivity index (χ2v) is 4.75. The van der Waals surface area contributed by atoms with Gasteiger partial charge in [-0.05, 0) is 11.8 Å². The Bertz CT molecular complexity index is 141. The van der Waals surface area contributed by atoms with E-state index in [2.05, 4.69) is 0 Å². The van der Waals surface area contributed by atoms with E-state index in [1.165, 1.54) is 11.8 Å². The van der Waals surface area contributed by atoms with Gasteiger partial charge in [-0.15, -0.1) is 0 Å². The van der Waals surface area contributed by atoms with Gasteiger partial charge in [-0.1, -0.05) is 37.8 Å². The number of thioether (sulfide) groups is 1. The molecule has 0 N–H and O–H groups in total. The number of thiocarbonyl (C=S) groups is 1. The minimum Gasteiger partial charge on any atom is -0.287 e. The molecule has 0 amide bonds. The molecular formula is C7H12OS2. The van der Waals surface area contributed by atoms with E-state index >= 15 is 0 Å². The van der Waals surface area contributed by atoms with Gasteiger partial charge >= 0.3 is 0 Å². The molecule has 0 saturated carbocycles. The maximum Gasteiger partial charge on any atom is 0.194 e. The van der Waals surface area contributed by atoms with Crippen LogP contribution in [-0.2, 0) is 4.79 Å². The Hall–Kier alpha value is 0.110. The lowest BCUT2D eigenvalue weighted by molar-refractivity contribution is -0.109. The van der Waals surface area contributed by atoms with Crippen molar-refractivity contribution in [3.63, 3.8) is 0 Å². The molecule has 3 heteroatoms. The van der Waals surface area contributed by atoms with Crippen LogP contribution >= 0.6 is 24.0 Å². The minimum atomic E-state index is 0.183. The van der Waals surface area contributed by atoms with E-state index in [4.69, 9.17) is 12.2 Å². The van der Waals surface area contributed by atoms with Crippen molar-refractivity contribution < 1.29 is 4.79 Å². The molecule has 0 spiro atoms. The summed E-state index contributed by atoms with van der Waals surface area (Å²) in [6.45, 7) is 5.80. The van der Waals surface area contributed by atoms with E-state index in [0.717, 1.165) is 4.86 Å². The zero-order valence-corrected chi connectivity index (χ0v) is 8.14. The first-order valence-electron chi connectivity index (χ1n) is 3.21. The van der Waals surface area contributed by atoms with Gasteiger partial charge in [0.15, 0.2) is 5.12 Å². The third-order valence-corrected chi connectivity index (χ3v) is 1.78. The van der Waals surface area contributed by atoms with Crippen LogP contribution in [0.15, 0.2) is 0 Å². The van der Waals surface area contributed by atoms with Crippen LogP contribution in [0.5, 0.6) is 0 Å². The van der Waals surface area contributed by atoms with E-state index in [1.54, 1.807) is 6.92 Å². The zero-order chi connectivity index (χ0) is 8.15. The summed E-state index contributed by atoms with van der Waals surface area (Å²) in [6, 6.07) is 0. The third kappa shape index (κ3) is 6.23. The molecule has 0 aromatic rings. The first kappa shape index (κ1) is 10.1. The van der Waals surface area contributed by atoms with Crippen molar-refractivity contribution in [3.05, 3.63) is 0 Å². The summed E-state index contributed by atoms with van der Waals surface area (Å²) >= 11 is 6.15. The van der Waals surface area contributed by atoms with Crippen molar-refractivity contribution >= 4 is 34.0 Å². The highest BCUT2D eigenvalue weighted by Gasteiger charge is 2.05. The van der Waals surface area contributed by atoms with Crippen LogP contribution in [0.4, 0.5) is 0 Å². The first-order valence-corrected chi connectivity index (χ1v) is 4.50. The molecule has 0 unspecified atom stereocenters. The summed E-state index contributed by atoms with van der Waals surface area (Å²) < 4.78 is 0. The molecule has 0 fully saturated rings. The van der Waals surface area contributed by atoms with Crippen LogP contribution in [0, 0.1) is 0 Å². The molecule has 0 aliphatic carbocycles. The summed E-state index contributed by atoms with van der Waals surface area (Å²) in [4.78, 5) is 11.7. The standard InChI is InChI=1S/C7H12OS2/c1-5(2)10-7(8)4-6(3)9/h5H,4H2,1-3H3. The summed E-state index contributed by atoms with van der Waals surface area (Å²) in [7, 11) is 0. The topological polar surface area (TPSA) is 17.1 Å². The highest BCUT2D eigenvalue weighted by molar-refractivity contribution is 8.14. The molecule has 58 valence electrons. The lowest BCUT2D eigenvalue weighted by Gasteiger charge is -2.00. The highest BCUT2D eigenvalue weighted by Crippen LogP contribution is 2.12. The van der Waals surface area contributed by atoms with Gasteiger partial charge in [0.25, 0.3) is 0 Å². The Kier molecular flexibility index (Phi) is 4.91. The van der Waals surface area contributed by atoms with Gasteiger partial charge < -0.3 is 0 Å². The SMILES string of the molecule is CC(=S)CC(=O)SC(C)C. The molecule has 0 rings (SSSR count). The van der Waals surface area contributed by atoms with E-state index in [1.807, 2.05) is 13.8 Å². The second-order valence-electron chi connectivity index (χ2n) is 2.42. The largest absolute Gasteiger partial charge is 0.287 e. The highest BCUT2D eigenvalue weighted by atomic mass is 32.2. The molecule has 0 aromatic heterocycles. The normalized spacial score (nSPS) is 10.0. The lowest BCUT2D eigenvalue weighted by atomic mass is 10.4. The quantitative estimate of drug-likeness (QED) is 0.615. The number of carbonyl (C=O) groups excluding carboxylic acids is 1.